The normalized spacial score (nSPS) is 10.8. The summed E-state index contributed by atoms with van der Waals surface area (Å²) in [6.07, 6.45) is 4.89. The smallest absolute Gasteiger partial charge is 0.170 e. The molecular formula is C17H12FN5O3. The first-order valence-corrected chi connectivity index (χ1v) is 7.62. The van der Waals surface area contributed by atoms with E-state index in [4.69, 9.17) is 9.05 Å². The fourth-order valence-corrected chi connectivity index (χ4v) is 2.42. The van der Waals surface area contributed by atoms with Crippen molar-refractivity contribution in [3.05, 3.63) is 66.4 Å². The third kappa shape index (κ3) is 3.09. The number of benzene rings is 1. The second kappa shape index (κ2) is 6.63. The van der Waals surface area contributed by atoms with Gasteiger partial charge in [-0.05, 0) is 12.1 Å². The van der Waals surface area contributed by atoms with E-state index in [-0.39, 0.29) is 11.4 Å². The zero-order valence-electron chi connectivity index (χ0n) is 13.3. The number of halogens is 1. The SMILES string of the molecule is O=Cc1cn(-c2ccc(-c3cc(CNc4ccon4)on3)cc2F)cn1. The first-order valence-electron chi connectivity index (χ1n) is 7.62. The number of carbonyl (C=O) groups excluding carboxylic acids is 1. The van der Waals surface area contributed by atoms with Crippen molar-refractivity contribution >= 4 is 12.1 Å². The van der Waals surface area contributed by atoms with E-state index in [0.29, 0.717) is 35.7 Å². The van der Waals surface area contributed by atoms with E-state index >= 15 is 0 Å². The lowest BCUT2D eigenvalue weighted by Gasteiger charge is -2.05. The Kier molecular flexibility index (Phi) is 4.02. The molecule has 0 saturated carbocycles. The number of carbonyl (C=O) groups is 1. The van der Waals surface area contributed by atoms with E-state index in [9.17, 15) is 9.18 Å². The standard InChI is InChI=1S/C17H12FN5O3/c18-14-5-11(1-2-16(14)23-8-12(9-24)20-10-23)15-6-13(26-21-15)7-19-17-3-4-25-22-17/h1-6,8-10H,7H2,(H,19,22). The van der Waals surface area contributed by atoms with Crippen LogP contribution in [0.4, 0.5) is 10.2 Å². The van der Waals surface area contributed by atoms with Gasteiger partial charge in [-0.15, -0.1) is 0 Å². The van der Waals surface area contributed by atoms with Gasteiger partial charge in [0.25, 0.3) is 0 Å². The van der Waals surface area contributed by atoms with E-state index in [1.54, 1.807) is 24.3 Å². The topological polar surface area (TPSA) is 99.0 Å². The Labute approximate surface area is 146 Å². The molecule has 0 aliphatic heterocycles. The van der Waals surface area contributed by atoms with Gasteiger partial charge < -0.3 is 18.9 Å². The molecule has 0 aliphatic rings. The molecule has 3 aromatic heterocycles. The van der Waals surface area contributed by atoms with Gasteiger partial charge in [0, 0.05) is 23.9 Å². The Bertz CT molecular complexity index is 1040. The minimum atomic E-state index is -0.470. The zero-order chi connectivity index (χ0) is 17.9. The number of aromatic nitrogens is 4. The van der Waals surface area contributed by atoms with Gasteiger partial charge >= 0.3 is 0 Å². The molecule has 130 valence electrons. The third-order valence-electron chi connectivity index (χ3n) is 3.69. The van der Waals surface area contributed by atoms with E-state index < -0.39 is 5.82 Å². The van der Waals surface area contributed by atoms with Crippen molar-refractivity contribution < 1.29 is 18.2 Å². The summed E-state index contributed by atoms with van der Waals surface area (Å²) >= 11 is 0. The molecule has 0 unspecified atom stereocenters. The number of aldehydes is 1. The number of nitrogens with zero attached hydrogens (tertiary/aromatic N) is 4. The van der Waals surface area contributed by atoms with Gasteiger partial charge in [0.05, 0.1) is 12.2 Å². The van der Waals surface area contributed by atoms with Crippen LogP contribution in [0.15, 0.2) is 58.2 Å². The molecule has 0 amide bonds. The van der Waals surface area contributed by atoms with Crippen molar-refractivity contribution in [3.63, 3.8) is 0 Å². The highest BCUT2D eigenvalue weighted by atomic mass is 19.1. The molecule has 9 heteroatoms. The monoisotopic (exact) mass is 353 g/mol. The number of rotatable bonds is 6. The Hall–Kier alpha value is -3.75. The minimum absolute atomic E-state index is 0.231. The van der Waals surface area contributed by atoms with Crippen molar-refractivity contribution in [2.45, 2.75) is 6.54 Å². The summed E-state index contributed by atoms with van der Waals surface area (Å²) < 4.78 is 25.9. The molecule has 26 heavy (non-hydrogen) atoms. The van der Waals surface area contributed by atoms with Crippen LogP contribution in [-0.4, -0.2) is 26.2 Å². The average molecular weight is 353 g/mol. The number of hydrogen-bond donors (Lipinski definition) is 1. The summed E-state index contributed by atoms with van der Waals surface area (Å²) in [5.41, 5.74) is 1.59. The molecular weight excluding hydrogens is 341 g/mol. The summed E-state index contributed by atoms with van der Waals surface area (Å²) in [6, 6.07) is 8.04. The summed E-state index contributed by atoms with van der Waals surface area (Å²) in [4.78, 5) is 14.6. The molecule has 3 heterocycles. The van der Waals surface area contributed by atoms with Crippen molar-refractivity contribution in [3.8, 4) is 16.9 Å². The summed E-state index contributed by atoms with van der Waals surface area (Å²) in [6.45, 7) is 0.365. The molecule has 0 atom stereocenters. The van der Waals surface area contributed by atoms with Crippen molar-refractivity contribution in [1.29, 1.82) is 0 Å². The fourth-order valence-electron chi connectivity index (χ4n) is 2.42. The Morgan fingerprint density at radius 1 is 1.23 bits per heavy atom. The highest BCUT2D eigenvalue weighted by Gasteiger charge is 2.12. The molecule has 4 aromatic rings. The van der Waals surface area contributed by atoms with Crippen LogP contribution in [-0.2, 0) is 6.54 Å². The van der Waals surface area contributed by atoms with Crippen LogP contribution in [0.25, 0.3) is 16.9 Å². The van der Waals surface area contributed by atoms with Gasteiger partial charge in [0.2, 0.25) is 0 Å². The van der Waals surface area contributed by atoms with Crippen LogP contribution in [0.1, 0.15) is 16.2 Å². The van der Waals surface area contributed by atoms with Crippen LogP contribution < -0.4 is 5.32 Å². The van der Waals surface area contributed by atoms with Gasteiger partial charge in [0.1, 0.15) is 29.8 Å². The fraction of sp³-hybridized carbons (Fsp3) is 0.0588. The minimum Gasteiger partial charge on any atom is -0.363 e. The number of hydrogen-bond acceptors (Lipinski definition) is 7. The third-order valence-corrected chi connectivity index (χ3v) is 3.69. The molecule has 8 nitrogen and oxygen atoms in total. The summed E-state index contributed by atoms with van der Waals surface area (Å²) in [5.74, 6) is 0.675. The molecule has 0 radical (unpaired) electrons. The predicted molar refractivity (Wildman–Crippen MR) is 88.2 cm³/mol. The number of nitrogens with one attached hydrogen (secondary N) is 1. The van der Waals surface area contributed by atoms with Crippen LogP contribution in [0, 0.1) is 5.82 Å². The second-order valence-corrected chi connectivity index (χ2v) is 5.41. The Morgan fingerprint density at radius 2 is 2.15 bits per heavy atom. The highest BCUT2D eigenvalue weighted by molar-refractivity contribution is 5.71. The maximum Gasteiger partial charge on any atom is 0.170 e. The van der Waals surface area contributed by atoms with Crippen LogP contribution in [0.2, 0.25) is 0 Å². The maximum atomic E-state index is 14.4. The van der Waals surface area contributed by atoms with Crippen molar-refractivity contribution in [2.24, 2.45) is 0 Å². The van der Waals surface area contributed by atoms with Crippen LogP contribution in [0.3, 0.4) is 0 Å². The molecule has 4 rings (SSSR count). The first kappa shape index (κ1) is 15.8. The average Bonchev–Trinajstić information content (AvgIpc) is 3.40. The molecule has 1 aromatic carbocycles. The molecule has 0 saturated heterocycles. The lowest BCUT2D eigenvalue weighted by Crippen LogP contribution is -1.97. The van der Waals surface area contributed by atoms with Crippen LogP contribution >= 0.6 is 0 Å². The van der Waals surface area contributed by atoms with Gasteiger partial charge in [-0.3, -0.25) is 4.79 Å². The maximum absolute atomic E-state index is 14.4. The summed E-state index contributed by atoms with van der Waals surface area (Å²) in [5, 5.41) is 10.7. The quantitative estimate of drug-likeness (QED) is 0.532. The lowest BCUT2D eigenvalue weighted by molar-refractivity contribution is 0.111. The highest BCUT2D eigenvalue weighted by Crippen LogP contribution is 2.24. The van der Waals surface area contributed by atoms with Crippen LogP contribution in [0.5, 0.6) is 0 Å². The van der Waals surface area contributed by atoms with E-state index in [0.717, 1.165) is 0 Å². The molecule has 0 aliphatic carbocycles. The zero-order valence-corrected chi connectivity index (χ0v) is 13.3. The Morgan fingerprint density at radius 3 is 2.88 bits per heavy atom. The number of anilines is 1. The van der Waals surface area contributed by atoms with E-state index in [1.807, 2.05) is 0 Å². The van der Waals surface area contributed by atoms with Gasteiger partial charge in [0.15, 0.2) is 17.9 Å². The number of imidazole rings is 1. The summed E-state index contributed by atoms with van der Waals surface area (Å²) in [7, 11) is 0. The van der Waals surface area contributed by atoms with Crippen molar-refractivity contribution in [2.75, 3.05) is 5.32 Å². The Balaban J connectivity index is 1.53. The molecule has 0 fully saturated rings. The van der Waals surface area contributed by atoms with E-state index in [1.165, 1.54) is 29.4 Å². The van der Waals surface area contributed by atoms with Gasteiger partial charge in [-0.25, -0.2) is 9.37 Å². The lowest BCUT2D eigenvalue weighted by atomic mass is 10.1. The molecule has 0 bridgehead atoms. The predicted octanol–water partition coefficient (Wildman–Crippen LogP) is 3.08. The largest absolute Gasteiger partial charge is 0.363 e. The molecule has 1 N–H and O–H groups in total. The van der Waals surface area contributed by atoms with Crippen molar-refractivity contribution in [1.82, 2.24) is 19.9 Å². The molecule has 0 spiro atoms. The van der Waals surface area contributed by atoms with E-state index in [2.05, 4.69) is 20.6 Å². The van der Waals surface area contributed by atoms with Gasteiger partial charge in [-0.1, -0.05) is 16.4 Å². The first-order chi connectivity index (χ1) is 12.7. The second-order valence-electron chi connectivity index (χ2n) is 5.41. The van der Waals surface area contributed by atoms with Gasteiger partial charge in [-0.2, -0.15) is 0 Å².